The Bertz CT molecular complexity index is 1610. The lowest BCUT2D eigenvalue weighted by Gasteiger charge is -2.19. The van der Waals surface area contributed by atoms with Gasteiger partial charge in [-0.1, -0.05) is 12.1 Å². The Hall–Kier alpha value is -4.09. The Kier molecular flexibility index (Phi) is 6.49. The van der Waals surface area contributed by atoms with Gasteiger partial charge in [0, 0.05) is 36.5 Å². The minimum atomic E-state index is -4.48. The van der Waals surface area contributed by atoms with E-state index in [4.69, 9.17) is 0 Å². The van der Waals surface area contributed by atoms with Crippen molar-refractivity contribution in [2.24, 2.45) is 4.99 Å². The highest BCUT2D eigenvalue weighted by molar-refractivity contribution is 5.82. The topological polar surface area (TPSA) is 77.1 Å². The summed E-state index contributed by atoms with van der Waals surface area (Å²) in [5.41, 5.74) is 1.07. The number of aromatic nitrogens is 4. The van der Waals surface area contributed by atoms with E-state index in [9.17, 15) is 26.7 Å². The summed E-state index contributed by atoms with van der Waals surface area (Å²) in [4.78, 5) is 25.9. The summed E-state index contributed by atoms with van der Waals surface area (Å²) in [5.74, 6) is 1.72. The van der Waals surface area contributed by atoms with E-state index >= 15 is 0 Å². The smallest absolute Gasteiger partial charge is 0.369 e. The fraction of sp³-hybridized carbons (Fsp3) is 0.308. The maximum Gasteiger partial charge on any atom is 0.416 e. The number of benzene rings is 1. The number of pyridine rings is 2. The number of rotatable bonds is 5. The fourth-order valence-corrected chi connectivity index (χ4v) is 4.58. The monoisotopic (exact) mass is 530 g/mol. The first-order valence-corrected chi connectivity index (χ1v) is 11.9. The summed E-state index contributed by atoms with van der Waals surface area (Å²) in [6.07, 6.45) is -5.79. The predicted octanol–water partition coefficient (Wildman–Crippen LogP) is 4.89. The van der Waals surface area contributed by atoms with E-state index in [0.717, 1.165) is 16.7 Å². The molecule has 12 heteroatoms. The van der Waals surface area contributed by atoms with Gasteiger partial charge >= 0.3 is 6.18 Å². The van der Waals surface area contributed by atoms with Crippen LogP contribution in [0.25, 0.3) is 22.5 Å². The lowest BCUT2D eigenvalue weighted by atomic mass is 10.0. The molecule has 0 radical (unpaired) electrons. The Morgan fingerprint density at radius 3 is 2.63 bits per heavy atom. The predicted molar refractivity (Wildman–Crippen MR) is 131 cm³/mol. The zero-order valence-corrected chi connectivity index (χ0v) is 20.4. The minimum absolute atomic E-state index is 0.293. The number of hydrogen-bond acceptors (Lipinski definition) is 5. The van der Waals surface area contributed by atoms with Gasteiger partial charge in [0.25, 0.3) is 12.0 Å². The number of hydrogen-bond donors (Lipinski definition) is 1. The third-order valence-electron chi connectivity index (χ3n) is 6.36. The van der Waals surface area contributed by atoms with E-state index in [-0.39, 0.29) is 0 Å². The molecule has 3 aliphatic heterocycles. The standard InChI is InChI=1S/C26H23F5N6O/c1-14(16-4-3-5-18(10-16)26(29,30)31)33-23-20-11-19(17-6-7-22(38)36(12-17)13-21(27)28)24-32-8-9-37(24)25(20)35-15(2)34-23/h3-7,10-12,14,21,32H,8-9,13H2,1-2H3/t14-/m1/s1. The zero-order valence-electron chi connectivity index (χ0n) is 20.4. The molecular formula is C26H23F5N6O. The van der Waals surface area contributed by atoms with Crippen LogP contribution in [0.5, 0.6) is 0 Å². The first kappa shape index (κ1) is 25.6. The van der Waals surface area contributed by atoms with Crippen molar-refractivity contribution in [1.82, 2.24) is 19.1 Å². The van der Waals surface area contributed by atoms with Gasteiger partial charge in [-0.05, 0) is 43.7 Å². The molecule has 1 atom stereocenters. The van der Waals surface area contributed by atoms with E-state index in [1.807, 2.05) is 4.57 Å². The highest BCUT2D eigenvalue weighted by Gasteiger charge is 2.31. The molecule has 7 nitrogen and oxygen atoms in total. The molecule has 2 aromatic rings. The number of nitrogens with one attached hydrogen (secondary N) is 1. The highest BCUT2D eigenvalue weighted by atomic mass is 19.4. The molecule has 0 aliphatic carbocycles. The maximum absolute atomic E-state index is 13.3. The average molecular weight is 531 g/mol. The summed E-state index contributed by atoms with van der Waals surface area (Å²) in [6, 6.07) is 8.91. The van der Waals surface area contributed by atoms with Gasteiger partial charge < -0.3 is 14.5 Å². The van der Waals surface area contributed by atoms with Crippen LogP contribution < -0.4 is 16.4 Å². The summed E-state index contributed by atoms with van der Waals surface area (Å²) in [6.45, 7) is 3.81. The summed E-state index contributed by atoms with van der Waals surface area (Å²) in [5, 5.41) is 3.29. The first-order valence-electron chi connectivity index (χ1n) is 11.9. The molecule has 0 bridgehead atoms. The summed E-state index contributed by atoms with van der Waals surface area (Å²) < 4.78 is 68.7. The molecule has 38 heavy (non-hydrogen) atoms. The van der Waals surface area contributed by atoms with Gasteiger partial charge in [-0.25, -0.2) is 18.7 Å². The number of aryl methyl sites for hydroxylation is 1. The summed E-state index contributed by atoms with van der Waals surface area (Å²) in [7, 11) is 0. The third kappa shape index (κ3) is 4.90. The Morgan fingerprint density at radius 1 is 1.11 bits per heavy atom. The van der Waals surface area contributed by atoms with E-state index in [2.05, 4.69) is 20.3 Å². The van der Waals surface area contributed by atoms with Crippen molar-refractivity contribution in [3.05, 3.63) is 81.5 Å². The van der Waals surface area contributed by atoms with Crippen LogP contribution in [0.4, 0.5) is 27.8 Å². The van der Waals surface area contributed by atoms with Crippen LogP contribution in [-0.2, 0) is 19.3 Å². The van der Waals surface area contributed by atoms with Gasteiger partial charge in [-0.15, -0.1) is 0 Å². The molecule has 3 aliphatic rings. The molecule has 4 heterocycles. The van der Waals surface area contributed by atoms with Crippen molar-refractivity contribution < 1.29 is 22.0 Å². The number of nitrogens with zero attached hydrogens (tertiary/aromatic N) is 5. The van der Waals surface area contributed by atoms with Crippen LogP contribution >= 0.6 is 0 Å². The second kappa shape index (κ2) is 9.66. The lowest BCUT2D eigenvalue weighted by Crippen LogP contribution is -2.23. The fourth-order valence-electron chi connectivity index (χ4n) is 4.58. The van der Waals surface area contributed by atoms with Crippen molar-refractivity contribution in [2.45, 2.75) is 45.6 Å². The number of anilines is 1. The van der Waals surface area contributed by atoms with Gasteiger partial charge in [-0.2, -0.15) is 13.2 Å². The van der Waals surface area contributed by atoms with Crippen LogP contribution in [0, 0.1) is 6.92 Å². The normalized spacial score (nSPS) is 14.7. The molecule has 1 aromatic carbocycles. The molecule has 5 rings (SSSR count). The highest BCUT2D eigenvalue weighted by Crippen LogP contribution is 2.36. The summed E-state index contributed by atoms with van der Waals surface area (Å²) >= 11 is 0. The van der Waals surface area contributed by atoms with Crippen LogP contribution in [0.3, 0.4) is 0 Å². The van der Waals surface area contributed by atoms with E-state index < -0.39 is 36.3 Å². The molecule has 0 amide bonds. The Balaban J connectivity index is 1.69. The molecule has 0 saturated carbocycles. The van der Waals surface area contributed by atoms with Crippen LogP contribution in [0.15, 0.2) is 58.4 Å². The number of halogens is 5. The molecule has 0 saturated heterocycles. The second-order valence-corrected chi connectivity index (χ2v) is 9.04. The molecule has 198 valence electrons. The van der Waals surface area contributed by atoms with Gasteiger partial charge in [0.2, 0.25) is 0 Å². The molecule has 0 spiro atoms. The van der Waals surface area contributed by atoms with Gasteiger partial charge in [0.1, 0.15) is 17.5 Å². The van der Waals surface area contributed by atoms with E-state index in [1.165, 1.54) is 18.3 Å². The number of alkyl halides is 5. The molecule has 1 N–H and O–H groups in total. The van der Waals surface area contributed by atoms with Crippen molar-refractivity contribution in [1.29, 1.82) is 0 Å². The minimum Gasteiger partial charge on any atom is -0.369 e. The van der Waals surface area contributed by atoms with Crippen LogP contribution in [-0.4, -0.2) is 32.1 Å². The quantitative estimate of drug-likeness (QED) is 0.373. The maximum atomic E-state index is 13.3. The van der Waals surface area contributed by atoms with E-state index in [0.29, 0.717) is 58.3 Å². The van der Waals surface area contributed by atoms with Crippen LogP contribution in [0.2, 0.25) is 0 Å². The Morgan fingerprint density at radius 2 is 1.89 bits per heavy atom. The average Bonchev–Trinajstić information content (AvgIpc) is 3.35. The third-order valence-corrected chi connectivity index (χ3v) is 6.36. The van der Waals surface area contributed by atoms with Crippen molar-refractivity contribution >= 4 is 5.82 Å². The van der Waals surface area contributed by atoms with Gasteiger partial charge in [0.05, 0.1) is 23.7 Å². The molecular weight excluding hydrogens is 507 g/mol. The Labute approximate surface area is 213 Å². The van der Waals surface area contributed by atoms with Gasteiger partial charge in [0.15, 0.2) is 5.49 Å². The van der Waals surface area contributed by atoms with E-state index in [1.54, 1.807) is 32.0 Å². The molecule has 0 fully saturated rings. The first-order chi connectivity index (χ1) is 18.0. The van der Waals surface area contributed by atoms with Crippen molar-refractivity contribution in [3.8, 4) is 22.5 Å². The molecule has 0 unspecified atom stereocenters. The number of fused-ring (bicyclic) bond motifs is 3. The van der Waals surface area contributed by atoms with Gasteiger partial charge in [-0.3, -0.25) is 9.79 Å². The van der Waals surface area contributed by atoms with Crippen molar-refractivity contribution in [2.75, 3.05) is 11.9 Å². The van der Waals surface area contributed by atoms with Crippen molar-refractivity contribution in [3.63, 3.8) is 0 Å². The van der Waals surface area contributed by atoms with Crippen LogP contribution in [0.1, 0.15) is 29.9 Å². The second-order valence-electron chi connectivity index (χ2n) is 9.04. The zero-order chi connectivity index (χ0) is 27.2. The largest absolute Gasteiger partial charge is 0.416 e. The molecule has 1 aromatic heterocycles. The SMILES string of the molecule is Cc1nc2n3c(c(-c4ccc(=O)n(CC(F)F)c4)cc-2c(=N[C@H](C)c2cccc(C(F)(F)F)c2)n1)NCC3. The lowest BCUT2D eigenvalue weighted by molar-refractivity contribution is -0.137.